The number of anilines is 1. The molecule has 0 saturated carbocycles. The number of nitrogens with zero attached hydrogens (tertiary/aromatic N) is 1. The zero-order chi connectivity index (χ0) is 19.6. The van der Waals surface area contributed by atoms with Gasteiger partial charge in [0.2, 0.25) is 15.9 Å². The minimum Gasteiger partial charge on any atom is -0.312 e. The van der Waals surface area contributed by atoms with Crippen LogP contribution in [-0.4, -0.2) is 20.9 Å². The highest BCUT2D eigenvalue weighted by molar-refractivity contribution is 7.89. The van der Waals surface area contributed by atoms with Crippen LogP contribution in [-0.2, 0) is 14.8 Å². The van der Waals surface area contributed by atoms with E-state index in [2.05, 4.69) is 4.72 Å². The van der Waals surface area contributed by atoms with E-state index in [1.54, 1.807) is 35.2 Å². The Bertz CT molecular complexity index is 946. The molecule has 144 valence electrons. The van der Waals surface area contributed by atoms with Gasteiger partial charge in [0.05, 0.1) is 4.90 Å². The Hall–Kier alpha value is -1.60. The first-order valence-corrected chi connectivity index (χ1v) is 10.9. The summed E-state index contributed by atoms with van der Waals surface area (Å²) in [7, 11) is -3.76. The van der Waals surface area contributed by atoms with Crippen LogP contribution in [0.15, 0.2) is 47.4 Å². The van der Waals surface area contributed by atoms with E-state index in [9.17, 15) is 13.2 Å². The third-order valence-electron chi connectivity index (χ3n) is 4.57. The number of carbonyl (C=O) groups is 1. The summed E-state index contributed by atoms with van der Waals surface area (Å²) < 4.78 is 28.3. The van der Waals surface area contributed by atoms with Crippen molar-refractivity contribution in [2.45, 2.75) is 37.1 Å². The van der Waals surface area contributed by atoms with Gasteiger partial charge >= 0.3 is 0 Å². The van der Waals surface area contributed by atoms with Gasteiger partial charge in [-0.25, -0.2) is 13.1 Å². The summed E-state index contributed by atoms with van der Waals surface area (Å²) in [6, 6.07) is 10.8. The van der Waals surface area contributed by atoms with Gasteiger partial charge in [-0.2, -0.15) is 0 Å². The minimum absolute atomic E-state index is 0.0605. The zero-order valence-electron chi connectivity index (χ0n) is 14.8. The van der Waals surface area contributed by atoms with Gasteiger partial charge in [0.1, 0.15) is 0 Å². The largest absolute Gasteiger partial charge is 0.312 e. The molecule has 1 aliphatic heterocycles. The van der Waals surface area contributed by atoms with Crippen LogP contribution in [0.4, 0.5) is 5.69 Å². The van der Waals surface area contributed by atoms with E-state index in [0.717, 1.165) is 6.42 Å². The van der Waals surface area contributed by atoms with Gasteiger partial charge in [0, 0.05) is 34.7 Å². The van der Waals surface area contributed by atoms with Crippen LogP contribution in [0.2, 0.25) is 10.0 Å². The standard InChI is InChI=1S/C19H20Cl2N2O3S/c1-2-18(16-12-13(20)5-10-17(16)21)22-27(25,26)15-8-6-14(7-9-15)23-11-3-4-19(23)24/h5-10,12,18,22H,2-4,11H2,1H3/t18-/m0/s1. The number of rotatable bonds is 6. The van der Waals surface area contributed by atoms with E-state index < -0.39 is 16.1 Å². The molecule has 1 fully saturated rings. The molecule has 0 spiro atoms. The maximum absolute atomic E-state index is 12.8. The first-order valence-electron chi connectivity index (χ1n) is 8.69. The number of halogens is 2. The third kappa shape index (κ3) is 4.46. The Kier molecular flexibility index (Phi) is 6.11. The Labute approximate surface area is 169 Å². The molecule has 0 unspecified atom stereocenters. The van der Waals surface area contributed by atoms with Crippen molar-refractivity contribution < 1.29 is 13.2 Å². The van der Waals surface area contributed by atoms with Gasteiger partial charge in [-0.3, -0.25) is 4.79 Å². The van der Waals surface area contributed by atoms with Crippen LogP contribution < -0.4 is 9.62 Å². The molecule has 0 aromatic heterocycles. The molecule has 1 atom stereocenters. The maximum Gasteiger partial charge on any atom is 0.241 e. The van der Waals surface area contributed by atoms with Gasteiger partial charge < -0.3 is 4.90 Å². The summed E-state index contributed by atoms with van der Waals surface area (Å²) >= 11 is 12.3. The van der Waals surface area contributed by atoms with Crippen molar-refractivity contribution in [1.82, 2.24) is 4.72 Å². The minimum atomic E-state index is -3.76. The maximum atomic E-state index is 12.8. The average molecular weight is 427 g/mol. The lowest BCUT2D eigenvalue weighted by Gasteiger charge is -2.20. The fourth-order valence-corrected chi connectivity index (χ4v) is 4.86. The number of amides is 1. The van der Waals surface area contributed by atoms with E-state index in [4.69, 9.17) is 23.2 Å². The van der Waals surface area contributed by atoms with Gasteiger partial charge in [0.15, 0.2) is 0 Å². The molecule has 0 bridgehead atoms. The molecule has 27 heavy (non-hydrogen) atoms. The normalized spacial score (nSPS) is 16.0. The molecule has 3 rings (SSSR count). The van der Waals surface area contributed by atoms with Crippen molar-refractivity contribution in [1.29, 1.82) is 0 Å². The second-order valence-corrected chi connectivity index (χ2v) is 8.95. The molecule has 5 nitrogen and oxygen atoms in total. The van der Waals surface area contributed by atoms with Gasteiger partial charge in [0.25, 0.3) is 0 Å². The number of hydrogen-bond acceptors (Lipinski definition) is 3. The average Bonchev–Trinajstić information content (AvgIpc) is 3.08. The highest BCUT2D eigenvalue weighted by Gasteiger charge is 2.24. The van der Waals surface area contributed by atoms with Crippen molar-refractivity contribution in [3.8, 4) is 0 Å². The fraction of sp³-hybridized carbons (Fsp3) is 0.316. The molecule has 1 amide bonds. The summed E-state index contributed by atoms with van der Waals surface area (Å²) in [5.74, 6) is 0.0605. The van der Waals surface area contributed by atoms with E-state index in [0.29, 0.717) is 40.7 Å². The first-order chi connectivity index (χ1) is 12.8. The van der Waals surface area contributed by atoms with Crippen LogP contribution in [0.5, 0.6) is 0 Å². The Morgan fingerprint density at radius 2 is 1.85 bits per heavy atom. The molecule has 2 aromatic carbocycles. The van der Waals surface area contributed by atoms with Gasteiger partial charge in [-0.15, -0.1) is 0 Å². The fourth-order valence-electron chi connectivity index (χ4n) is 3.13. The predicted octanol–water partition coefficient (Wildman–Crippen LogP) is 4.55. The SMILES string of the molecule is CC[C@H](NS(=O)(=O)c1ccc(N2CCCC2=O)cc1)c1cc(Cl)ccc1Cl. The van der Waals surface area contributed by atoms with E-state index in [-0.39, 0.29) is 10.8 Å². The second kappa shape index (κ2) is 8.19. The molecular formula is C19H20Cl2N2O3S. The van der Waals surface area contributed by atoms with Crippen molar-refractivity contribution in [2.75, 3.05) is 11.4 Å². The number of sulfonamides is 1. The summed E-state index contributed by atoms with van der Waals surface area (Å²) in [5, 5.41) is 0.948. The van der Waals surface area contributed by atoms with Crippen LogP contribution in [0, 0.1) is 0 Å². The van der Waals surface area contributed by atoms with Crippen LogP contribution >= 0.6 is 23.2 Å². The molecule has 0 aliphatic carbocycles. The summed E-state index contributed by atoms with van der Waals surface area (Å²) in [5.41, 5.74) is 1.34. The molecule has 1 heterocycles. The Morgan fingerprint density at radius 1 is 1.15 bits per heavy atom. The first kappa shape index (κ1) is 20.1. The van der Waals surface area contributed by atoms with Crippen molar-refractivity contribution in [2.24, 2.45) is 0 Å². The third-order valence-corrected chi connectivity index (χ3v) is 6.64. The molecule has 0 radical (unpaired) electrons. The van der Waals surface area contributed by atoms with Crippen molar-refractivity contribution >= 4 is 44.8 Å². The number of nitrogens with one attached hydrogen (secondary N) is 1. The molecule has 8 heteroatoms. The molecule has 1 N–H and O–H groups in total. The second-order valence-electron chi connectivity index (χ2n) is 6.39. The van der Waals surface area contributed by atoms with Crippen molar-refractivity contribution in [3.63, 3.8) is 0 Å². The topological polar surface area (TPSA) is 66.5 Å². The number of carbonyl (C=O) groups excluding carboxylic acids is 1. The zero-order valence-corrected chi connectivity index (χ0v) is 17.1. The van der Waals surface area contributed by atoms with Crippen molar-refractivity contribution in [3.05, 3.63) is 58.1 Å². The quantitative estimate of drug-likeness (QED) is 0.736. The smallest absolute Gasteiger partial charge is 0.241 e. The van der Waals surface area contributed by atoms with Crippen LogP contribution in [0.1, 0.15) is 37.8 Å². The summed E-state index contributed by atoms with van der Waals surface area (Å²) in [4.78, 5) is 13.6. The van der Waals surface area contributed by atoms with Crippen LogP contribution in [0.25, 0.3) is 0 Å². The number of benzene rings is 2. The highest BCUT2D eigenvalue weighted by Crippen LogP contribution is 2.30. The summed E-state index contributed by atoms with van der Waals surface area (Å²) in [6.45, 7) is 2.53. The van der Waals surface area contributed by atoms with E-state index in [1.165, 1.54) is 12.1 Å². The lowest BCUT2D eigenvalue weighted by atomic mass is 10.1. The molecule has 1 saturated heterocycles. The highest BCUT2D eigenvalue weighted by atomic mass is 35.5. The summed E-state index contributed by atoms with van der Waals surface area (Å²) in [6.07, 6.45) is 1.86. The lowest BCUT2D eigenvalue weighted by Crippen LogP contribution is -2.29. The Balaban J connectivity index is 1.83. The molecule has 2 aromatic rings. The Morgan fingerprint density at radius 3 is 2.44 bits per heavy atom. The molecular weight excluding hydrogens is 407 g/mol. The van der Waals surface area contributed by atoms with E-state index >= 15 is 0 Å². The molecule has 1 aliphatic rings. The predicted molar refractivity (Wildman–Crippen MR) is 108 cm³/mol. The van der Waals surface area contributed by atoms with Gasteiger partial charge in [-0.1, -0.05) is 30.1 Å². The van der Waals surface area contributed by atoms with Crippen LogP contribution in [0.3, 0.4) is 0 Å². The number of hydrogen-bond donors (Lipinski definition) is 1. The monoisotopic (exact) mass is 426 g/mol. The lowest BCUT2D eigenvalue weighted by molar-refractivity contribution is -0.117. The van der Waals surface area contributed by atoms with E-state index in [1.807, 2.05) is 6.92 Å². The van der Waals surface area contributed by atoms with Gasteiger partial charge in [-0.05, 0) is 60.9 Å².